The van der Waals surface area contributed by atoms with Crippen LogP contribution in [0, 0.1) is 12.8 Å². The molecule has 0 saturated carbocycles. The molecule has 94 valence electrons. The molecule has 1 unspecified atom stereocenters. The quantitative estimate of drug-likeness (QED) is 0.864. The monoisotopic (exact) mass is 232 g/mol. The van der Waals surface area contributed by atoms with Crippen LogP contribution in [0.3, 0.4) is 0 Å². The SMILES string of the molecule is CCCC1CCN(c2cc(C)ccc2CN)C1. The summed E-state index contributed by atoms with van der Waals surface area (Å²) in [5, 5.41) is 0. The van der Waals surface area contributed by atoms with Gasteiger partial charge in [-0.15, -0.1) is 0 Å². The molecule has 0 radical (unpaired) electrons. The van der Waals surface area contributed by atoms with Gasteiger partial charge >= 0.3 is 0 Å². The van der Waals surface area contributed by atoms with E-state index in [0.29, 0.717) is 6.54 Å². The number of nitrogens with zero attached hydrogens (tertiary/aromatic N) is 1. The topological polar surface area (TPSA) is 29.3 Å². The highest BCUT2D eigenvalue weighted by molar-refractivity contribution is 5.56. The van der Waals surface area contributed by atoms with Crippen molar-refractivity contribution < 1.29 is 0 Å². The lowest BCUT2D eigenvalue weighted by atomic mass is 10.0. The fourth-order valence-corrected chi connectivity index (χ4v) is 2.84. The van der Waals surface area contributed by atoms with Gasteiger partial charge in [-0.1, -0.05) is 25.5 Å². The minimum atomic E-state index is 0.643. The molecule has 0 aromatic heterocycles. The van der Waals surface area contributed by atoms with Crippen molar-refractivity contribution >= 4 is 5.69 Å². The Kier molecular flexibility index (Phi) is 4.06. The van der Waals surface area contributed by atoms with Gasteiger partial charge in [0.1, 0.15) is 0 Å². The molecule has 0 amide bonds. The van der Waals surface area contributed by atoms with E-state index < -0.39 is 0 Å². The minimum Gasteiger partial charge on any atom is -0.371 e. The van der Waals surface area contributed by atoms with Gasteiger partial charge in [0.25, 0.3) is 0 Å². The maximum atomic E-state index is 5.83. The summed E-state index contributed by atoms with van der Waals surface area (Å²) in [7, 11) is 0. The van der Waals surface area contributed by atoms with Crippen LogP contribution < -0.4 is 10.6 Å². The Bertz CT molecular complexity index is 373. The molecule has 1 aliphatic heterocycles. The van der Waals surface area contributed by atoms with E-state index in [1.54, 1.807) is 0 Å². The molecule has 1 heterocycles. The predicted molar refractivity (Wildman–Crippen MR) is 74.3 cm³/mol. The summed E-state index contributed by atoms with van der Waals surface area (Å²) in [4.78, 5) is 2.52. The molecule has 1 aromatic rings. The van der Waals surface area contributed by atoms with Crippen molar-refractivity contribution in [2.24, 2.45) is 11.7 Å². The molecule has 0 aliphatic carbocycles. The van der Waals surface area contributed by atoms with E-state index in [9.17, 15) is 0 Å². The van der Waals surface area contributed by atoms with E-state index in [4.69, 9.17) is 5.73 Å². The molecule has 1 fully saturated rings. The van der Waals surface area contributed by atoms with Gasteiger partial charge in [0.2, 0.25) is 0 Å². The van der Waals surface area contributed by atoms with Crippen molar-refractivity contribution in [1.29, 1.82) is 0 Å². The summed E-state index contributed by atoms with van der Waals surface area (Å²) < 4.78 is 0. The van der Waals surface area contributed by atoms with Crippen LogP contribution in [0.5, 0.6) is 0 Å². The first-order chi connectivity index (χ1) is 8.24. The molecule has 0 bridgehead atoms. The molecule has 2 heteroatoms. The summed E-state index contributed by atoms with van der Waals surface area (Å²) in [6.45, 7) is 7.49. The standard InChI is InChI=1S/C15H24N2/c1-3-4-13-7-8-17(11-13)15-9-12(2)5-6-14(15)10-16/h5-6,9,13H,3-4,7-8,10-11,16H2,1-2H3. The highest BCUT2D eigenvalue weighted by Crippen LogP contribution is 2.29. The zero-order valence-corrected chi connectivity index (χ0v) is 11.1. The second-order valence-electron chi connectivity index (χ2n) is 5.23. The average Bonchev–Trinajstić information content (AvgIpc) is 2.78. The van der Waals surface area contributed by atoms with Crippen LogP contribution in [-0.2, 0) is 6.54 Å². The van der Waals surface area contributed by atoms with Crippen LogP contribution in [0.15, 0.2) is 18.2 Å². The number of anilines is 1. The maximum absolute atomic E-state index is 5.83. The molecule has 2 rings (SSSR count). The van der Waals surface area contributed by atoms with Gasteiger partial charge in [0.15, 0.2) is 0 Å². The number of hydrogen-bond donors (Lipinski definition) is 1. The predicted octanol–water partition coefficient (Wildman–Crippen LogP) is 3.08. The number of rotatable bonds is 4. The normalized spacial score (nSPS) is 19.9. The van der Waals surface area contributed by atoms with Gasteiger partial charge in [0, 0.05) is 25.3 Å². The van der Waals surface area contributed by atoms with E-state index in [-0.39, 0.29) is 0 Å². The Morgan fingerprint density at radius 3 is 2.94 bits per heavy atom. The summed E-state index contributed by atoms with van der Waals surface area (Å²) in [5.41, 5.74) is 9.82. The molecule has 0 spiro atoms. The van der Waals surface area contributed by atoms with Crippen molar-refractivity contribution in [3.63, 3.8) is 0 Å². The second-order valence-corrected chi connectivity index (χ2v) is 5.23. The molecular weight excluding hydrogens is 208 g/mol. The van der Waals surface area contributed by atoms with Gasteiger partial charge in [-0.05, 0) is 42.9 Å². The van der Waals surface area contributed by atoms with Crippen LogP contribution in [0.2, 0.25) is 0 Å². The first kappa shape index (κ1) is 12.4. The van der Waals surface area contributed by atoms with Crippen LogP contribution >= 0.6 is 0 Å². The Balaban J connectivity index is 2.14. The summed E-state index contributed by atoms with van der Waals surface area (Å²) in [6, 6.07) is 6.62. The van der Waals surface area contributed by atoms with Crippen molar-refractivity contribution in [3.8, 4) is 0 Å². The molecule has 17 heavy (non-hydrogen) atoms. The van der Waals surface area contributed by atoms with E-state index >= 15 is 0 Å². The van der Waals surface area contributed by atoms with Crippen molar-refractivity contribution in [2.75, 3.05) is 18.0 Å². The van der Waals surface area contributed by atoms with Gasteiger partial charge in [-0.25, -0.2) is 0 Å². The van der Waals surface area contributed by atoms with Crippen LogP contribution in [0.25, 0.3) is 0 Å². The van der Waals surface area contributed by atoms with Gasteiger partial charge in [-0.2, -0.15) is 0 Å². The van der Waals surface area contributed by atoms with Gasteiger partial charge < -0.3 is 10.6 Å². The van der Waals surface area contributed by atoms with Crippen molar-refractivity contribution in [1.82, 2.24) is 0 Å². The highest BCUT2D eigenvalue weighted by atomic mass is 15.2. The zero-order valence-electron chi connectivity index (χ0n) is 11.1. The largest absolute Gasteiger partial charge is 0.371 e. The average molecular weight is 232 g/mol. The number of aryl methyl sites for hydroxylation is 1. The third-order valence-corrected chi connectivity index (χ3v) is 3.78. The van der Waals surface area contributed by atoms with E-state index in [1.165, 1.54) is 49.2 Å². The smallest absolute Gasteiger partial charge is 0.0414 e. The number of hydrogen-bond acceptors (Lipinski definition) is 2. The Hall–Kier alpha value is -1.02. The number of nitrogens with two attached hydrogens (primary N) is 1. The Morgan fingerprint density at radius 2 is 2.24 bits per heavy atom. The van der Waals surface area contributed by atoms with Crippen LogP contribution in [0.4, 0.5) is 5.69 Å². The summed E-state index contributed by atoms with van der Waals surface area (Å²) in [5.74, 6) is 0.881. The van der Waals surface area contributed by atoms with Crippen molar-refractivity contribution in [2.45, 2.75) is 39.7 Å². The van der Waals surface area contributed by atoms with Crippen molar-refractivity contribution in [3.05, 3.63) is 29.3 Å². The van der Waals surface area contributed by atoms with Gasteiger partial charge in [-0.3, -0.25) is 0 Å². The Morgan fingerprint density at radius 1 is 1.41 bits per heavy atom. The first-order valence-electron chi connectivity index (χ1n) is 6.79. The van der Waals surface area contributed by atoms with Gasteiger partial charge in [0.05, 0.1) is 0 Å². The molecule has 2 N–H and O–H groups in total. The molecular formula is C15H24N2. The fourth-order valence-electron chi connectivity index (χ4n) is 2.84. The van der Waals surface area contributed by atoms with Crippen LogP contribution in [-0.4, -0.2) is 13.1 Å². The first-order valence-corrected chi connectivity index (χ1v) is 6.79. The third-order valence-electron chi connectivity index (χ3n) is 3.78. The lowest BCUT2D eigenvalue weighted by Gasteiger charge is -2.22. The lowest BCUT2D eigenvalue weighted by Crippen LogP contribution is -2.21. The summed E-state index contributed by atoms with van der Waals surface area (Å²) in [6.07, 6.45) is 4.00. The molecule has 1 saturated heterocycles. The lowest BCUT2D eigenvalue weighted by molar-refractivity contribution is 0.529. The Labute approximate surface area is 105 Å². The minimum absolute atomic E-state index is 0.643. The molecule has 1 atom stereocenters. The zero-order chi connectivity index (χ0) is 12.3. The van der Waals surface area contributed by atoms with E-state index in [2.05, 4.69) is 36.9 Å². The van der Waals surface area contributed by atoms with E-state index in [1.807, 2.05) is 0 Å². The molecule has 2 nitrogen and oxygen atoms in total. The van der Waals surface area contributed by atoms with Crippen LogP contribution in [0.1, 0.15) is 37.3 Å². The molecule has 1 aliphatic rings. The fraction of sp³-hybridized carbons (Fsp3) is 0.600. The summed E-state index contributed by atoms with van der Waals surface area (Å²) >= 11 is 0. The maximum Gasteiger partial charge on any atom is 0.0414 e. The molecule has 1 aromatic carbocycles. The van der Waals surface area contributed by atoms with E-state index in [0.717, 1.165) is 5.92 Å². The third kappa shape index (κ3) is 2.81. The highest BCUT2D eigenvalue weighted by Gasteiger charge is 2.23. The second kappa shape index (κ2) is 5.54. The number of benzene rings is 1.